The predicted molar refractivity (Wildman–Crippen MR) is 113 cm³/mol. The number of hydrogen-bond acceptors (Lipinski definition) is 7. The second kappa shape index (κ2) is 8.40. The van der Waals surface area contributed by atoms with Crippen molar-refractivity contribution in [1.82, 2.24) is 24.7 Å². The number of rotatable bonds is 6. The molecule has 1 aliphatic rings. The van der Waals surface area contributed by atoms with E-state index in [0.29, 0.717) is 6.42 Å². The fourth-order valence-corrected chi connectivity index (χ4v) is 4.27. The Morgan fingerprint density at radius 3 is 2.72 bits per heavy atom. The van der Waals surface area contributed by atoms with Crippen LogP contribution in [0.5, 0.6) is 11.5 Å². The van der Waals surface area contributed by atoms with E-state index >= 15 is 0 Å². The van der Waals surface area contributed by atoms with Crippen molar-refractivity contribution in [3.05, 3.63) is 35.5 Å². The Labute approximate surface area is 173 Å². The predicted octanol–water partition coefficient (Wildman–Crippen LogP) is 1.90. The van der Waals surface area contributed by atoms with E-state index in [1.54, 1.807) is 14.2 Å². The summed E-state index contributed by atoms with van der Waals surface area (Å²) in [4.78, 5) is 20.3. The SMILES string of the molecule is COc1ccc(OC)c(-c2cn3c(CC(=O)NN4CCN(C)CC4)csc3n2)c1. The molecule has 4 rings (SSSR count). The third-order valence-electron chi connectivity index (χ3n) is 5.09. The molecule has 2 aromatic heterocycles. The van der Waals surface area contributed by atoms with Crippen LogP contribution in [0.15, 0.2) is 29.8 Å². The van der Waals surface area contributed by atoms with Crippen LogP contribution in [-0.4, -0.2) is 72.6 Å². The van der Waals surface area contributed by atoms with Gasteiger partial charge in [0.2, 0.25) is 5.91 Å². The van der Waals surface area contributed by atoms with E-state index < -0.39 is 0 Å². The summed E-state index contributed by atoms with van der Waals surface area (Å²) >= 11 is 1.52. The van der Waals surface area contributed by atoms with Crippen LogP contribution in [-0.2, 0) is 11.2 Å². The van der Waals surface area contributed by atoms with E-state index in [4.69, 9.17) is 14.5 Å². The van der Waals surface area contributed by atoms with Gasteiger partial charge >= 0.3 is 0 Å². The zero-order chi connectivity index (χ0) is 20.4. The number of ether oxygens (including phenoxy) is 2. The Balaban J connectivity index is 1.53. The summed E-state index contributed by atoms with van der Waals surface area (Å²) < 4.78 is 12.8. The zero-order valence-electron chi connectivity index (χ0n) is 16.8. The van der Waals surface area contributed by atoms with E-state index in [1.165, 1.54) is 11.3 Å². The average molecular weight is 416 g/mol. The number of amides is 1. The van der Waals surface area contributed by atoms with E-state index in [9.17, 15) is 4.79 Å². The fourth-order valence-electron chi connectivity index (χ4n) is 3.40. The van der Waals surface area contributed by atoms with Crippen LogP contribution >= 0.6 is 11.3 Å². The Hall–Kier alpha value is -2.62. The van der Waals surface area contributed by atoms with E-state index in [0.717, 1.165) is 59.6 Å². The topological polar surface area (TPSA) is 71.3 Å². The lowest BCUT2D eigenvalue weighted by Crippen LogP contribution is -2.52. The summed E-state index contributed by atoms with van der Waals surface area (Å²) in [5.41, 5.74) is 5.57. The third kappa shape index (κ3) is 4.21. The lowest BCUT2D eigenvalue weighted by Gasteiger charge is -2.32. The number of imidazole rings is 1. The number of likely N-dealkylation sites (N-methyl/N-ethyl adjacent to an activating group) is 1. The van der Waals surface area contributed by atoms with Crippen LogP contribution in [0.4, 0.5) is 0 Å². The van der Waals surface area contributed by atoms with E-state index in [1.807, 2.05) is 39.2 Å². The molecule has 8 nitrogen and oxygen atoms in total. The molecule has 1 aliphatic heterocycles. The number of methoxy groups -OCH3 is 2. The van der Waals surface area contributed by atoms with Gasteiger partial charge in [0.25, 0.3) is 0 Å². The Morgan fingerprint density at radius 2 is 2.00 bits per heavy atom. The summed E-state index contributed by atoms with van der Waals surface area (Å²) in [6.45, 7) is 3.59. The lowest BCUT2D eigenvalue weighted by atomic mass is 10.1. The molecule has 1 saturated heterocycles. The van der Waals surface area contributed by atoms with E-state index in [-0.39, 0.29) is 5.91 Å². The molecule has 0 unspecified atom stereocenters. The van der Waals surface area contributed by atoms with Crippen LogP contribution in [0.3, 0.4) is 0 Å². The van der Waals surface area contributed by atoms with E-state index in [2.05, 4.69) is 17.4 Å². The molecule has 0 spiro atoms. The summed E-state index contributed by atoms with van der Waals surface area (Å²) in [6.07, 6.45) is 2.25. The highest BCUT2D eigenvalue weighted by Crippen LogP contribution is 2.34. The Bertz CT molecular complexity index is 1010. The number of benzene rings is 1. The molecule has 0 saturated carbocycles. The molecule has 1 fully saturated rings. The standard InChI is InChI=1S/C20H25N5O3S/c1-23-6-8-24(9-7-23)22-19(26)10-14-13-29-20-21-17(12-25(14)20)16-11-15(27-2)4-5-18(16)28-3/h4-5,11-13H,6-10H2,1-3H3,(H,22,26). The van der Waals surface area contributed by atoms with Gasteiger partial charge in [-0.15, -0.1) is 11.3 Å². The first-order valence-corrected chi connectivity index (χ1v) is 10.4. The van der Waals surface area contributed by atoms with Gasteiger partial charge in [0.05, 0.1) is 26.3 Å². The summed E-state index contributed by atoms with van der Waals surface area (Å²) in [6, 6.07) is 5.63. The largest absolute Gasteiger partial charge is 0.497 e. The van der Waals surface area contributed by atoms with Gasteiger partial charge in [0, 0.05) is 49.0 Å². The van der Waals surface area contributed by atoms with Crippen LogP contribution in [0.2, 0.25) is 0 Å². The van der Waals surface area contributed by atoms with Gasteiger partial charge in [0.15, 0.2) is 4.96 Å². The molecule has 29 heavy (non-hydrogen) atoms. The van der Waals surface area contributed by atoms with Crippen molar-refractivity contribution < 1.29 is 14.3 Å². The van der Waals surface area contributed by atoms with Crippen LogP contribution < -0.4 is 14.9 Å². The molecular weight excluding hydrogens is 390 g/mol. The first-order chi connectivity index (χ1) is 14.1. The molecule has 0 aliphatic carbocycles. The first kappa shape index (κ1) is 19.7. The molecule has 154 valence electrons. The minimum Gasteiger partial charge on any atom is -0.497 e. The fraction of sp³-hybridized carbons (Fsp3) is 0.400. The monoisotopic (exact) mass is 415 g/mol. The van der Waals surface area contributed by atoms with Crippen LogP contribution in [0, 0.1) is 0 Å². The number of fused-ring (bicyclic) bond motifs is 1. The molecule has 1 aromatic carbocycles. The zero-order valence-corrected chi connectivity index (χ0v) is 17.7. The Kier molecular flexibility index (Phi) is 5.70. The maximum absolute atomic E-state index is 12.5. The van der Waals surface area contributed by atoms with Crippen LogP contribution in [0.25, 0.3) is 16.2 Å². The molecule has 3 heterocycles. The number of thiazole rings is 1. The van der Waals surface area contributed by atoms with Gasteiger partial charge in [0.1, 0.15) is 11.5 Å². The number of carbonyl (C=O) groups is 1. The van der Waals surface area contributed by atoms with Crippen molar-refractivity contribution >= 4 is 22.2 Å². The number of aromatic nitrogens is 2. The van der Waals surface area contributed by atoms with Crippen molar-refractivity contribution in [2.45, 2.75) is 6.42 Å². The lowest BCUT2D eigenvalue weighted by molar-refractivity contribution is -0.126. The van der Waals surface area contributed by atoms with Crippen molar-refractivity contribution in [3.8, 4) is 22.8 Å². The summed E-state index contributed by atoms with van der Waals surface area (Å²) in [7, 11) is 5.36. The van der Waals surface area contributed by atoms with Crippen molar-refractivity contribution in [3.63, 3.8) is 0 Å². The van der Waals surface area contributed by atoms with Gasteiger partial charge in [-0.1, -0.05) is 0 Å². The molecule has 0 radical (unpaired) electrons. The van der Waals surface area contributed by atoms with Crippen molar-refractivity contribution in [2.75, 3.05) is 47.4 Å². The second-order valence-electron chi connectivity index (χ2n) is 7.07. The molecule has 0 atom stereocenters. The van der Waals surface area contributed by atoms with Crippen molar-refractivity contribution in [2.24, 2.45) is 0 Å². The van der Waals surface area contributed by atoms with Crippen LogP contribution in [0.1, 0.15) is 5.69 Å². The second-order valence-corrected chi connectivity index (χ2v) is 7.91. The van der Waals surface area contributed by atoms with Gasteiger partial charge in [-0.2, -0.15) is 0 Å². The van der Waals surface area contributed by atoms with Gasteiger partial charge in [-0.3, -0.25) is 14.6 Å². The molecule has 3 aromatic rings. The highest BCUT2D eigenvalue weighted by atomic mass is 32.1. The number of piperazine rings is 1. The number of nitrogens with zero attached hydrogens (tertiary/aromatic N) is 4. The van der Waals surface area contributed by atoms with Gasteiger partial charge in [-0.05, 0) is 25.2 Å². The quantitative estimate of drug-likeness (QED) is 0.663. The smallest absolute Gasteiger partial charge is 0.240 e. The normalized spacial score (nSPS) is 15.6. The average Bonchev–Trinajstić information content (AvgIpc) is 3.31. The third-order valence-corrected chi connectivity index (χ3v) is 5.98. The Morgan fingerprint density at radius 1 is 1.21 bits per heavy atom. The van der Waals surface area contributed by atoms with Gasteiger partial charge < -0.3 is 14.4 Å². The molecule has 0 bridgehead atoms. The highest BCUT2D eigenvalue weighted by Gasteiger charge is 2.18. The number of nitrogens with one attached hydrogen (secondary N) is 1. The summed E-state index contributed by atoms with van der Waals surface area (Å²) in [5, 5.41) is 3.98. The molecule has 1 N–H and O–H groups in total. The molecular formula is C20H25N5O3S. The maximum atomic E-state index is 12.5. The number of carbonyl (C=O) groups excluding carboxylic acids is 1. The molecule has 1 amide bonds. The minimum absolute atomic E-state index is 0.0107. The number of hydrogen-bond donors (Lipinski definition) is 1. The number of hydrazine groups is 1. The van der Waals surface area contributed by atoms with Gasteiger partial charge in [-0.25, -0.2) is 9.99 Å². The minimum atomic E-state index is -0.0107. The molecule has 9 heteroatoms. The summed E-state index contributed by atoms with van der Waals surface area (Å²) in [5.74, 6) is 1.46. The van der Waals surface area contributed by atoms with Crippen molar-refractivity contribution in [1.29, 1.82) is 0 Å². The first-order valence-electron chi connectivity index (χ1n) is 9.48. The highest BCUT2D eigenvalue weighted by molar-refractivity contribution is 7.15. The maximum Gasteiger partial charge on any atom is 0.240 e.